The highest BCUT2D eigenvalue weighted by Gasteiger charge is 2.27. The van der Waals surface area contributed by atoms with Gasteiger partial charge in [0, 0.05) is 18.0 Å². The van der Waals surface area contributed by atoms with Crippen LogP contribution in [0.5, 0.6) is 0 Å². The van der Waals surface area contributed by atoms with Gasteiger partial charge in [-0.1, -0.05) is 26.0 Å². The number of hydrogen-bond acceptors (Lipinski definition) is 2. The fourth-order valence-corrected chi connectivity index (χ4v) is 2.67. The molecule has 0 aliphatic carbocycles. The highest BCUT2D eigenvalue weighted by molar-refractivity contribution is 5.76. The Kier molecular flexibility index (Phi) is 3.68. The monoisotopic (exact) mass is 259 g/mol. The van der Waals surface area contributed by atoms with E-state index in [4.69, 9.17) is 10.7 Å². The SMILES string of the molecule is CC(C)C(CN)c1nc2ccccc2n1C(C)(C)C. The second kappa shape index (κ2) is 4.97. The summed E-state index contributed by atoms with van der Waals surface area (Å²) in [4.78, 5) is 4.85. The Morgan fingerprint density at radius 1 is 1.21 bits per heavy atom. The molecule has 104 valence electrons. The molecule has 0 saturated heterocycles. The van der Waals surface area contributed by atoms with Gasteiger partial charge >= 0.3 is 0 Å². The molecular weight excluding hydrogens is 234 g/mol. The average Bonchev–Trinajstić information content (AvgIpc) is 2.67. The zero-order valence-electron chi connectivity index (χ0n) is 12.6. The van der Waals surface area contributed by atoms with Gasteiger partial charge in [0.05, 0.1) is 11.0 Å². The highest BCUT2D eigenvalue weighted by Crippen LogP contribution is 2.31. The van der Waals surface area contributed by atoms with E-state index in [1.165, 1.54) is 5.52 Å². The van der Waals surface area contributed by atoms with Gasteiger partial charge in [0.25, 0.3) is 0 Å². The highest BCUT2D eigenvalue weighted by atomic mass is 15.1. The van der Waals surface area contributed by atoms with Gasteiger partial charge in [-0.3, -0.25) is 0 Å². The van der Waals surface area contributed by atoms with Crippen molar-refractivity contribution in [2.75, 3.05) is 6.54 Å². The van der Waals surface area contributed by atoms with E-state index in [2.05, 4.69) is 57.4 Å². The Morgan fingerprint density at radius 3 is 2.37 bits per heavy atom. The van der Waals surface area contributed by atoms with Crippen molar-refractivity contribution in [1.29, 1.82) is 0 Å². The standard InChI is InChI=1S/C16H25N3/c1-11(2)12(10-17)15-18-13-8-6-7-9-14(13)19(15)16(3,4)5/h6-9,11-12H,10,17H2,1-5H3. The summed E-state index contributed by atoms with van der Waals surface area (Å²) < 4.78 is 2.35. The van der Waals surface area contributed by atoms with Gasteiger partial charge in [-0.2, -0.15) is 0 Å². The molecule has 0 bridgehead atoms. The van der Waals surface area contributed by atoms with Crippen LogP contribution >= 0.6 is 0 Å². The van der Waals surface area contributed by atoms with E-state index >= 15 is 0 Å². The number of rotatable bonds is 3. The zero-order valence-corrected chi connectivity index (χ0v) is 12.6. The Bertz CT molecular complexity index is 561. The van der Waals surface area contributed by atoms with Gasteiger partial charge < -0.3 is 10.3 Å². The molecule has 1 aromatic carbocycles. The molecule has 0 saturated carbocycles. The molecule has 1 unspecified atom stereocenters. The van der Waals surface area contributed by atoms with Crippen LogP contribution in [0.15, 0.2) is 24.3 Å². The van der Waals surface area contributed by atoms with Crippen molar-refractivity contribution in [2.24, 2.45) is 11.7 Å². The first-order valence-corrected chi connectivity index (χ1v) is 7.04. The molecular formula is C16H25N3. The number of benzene rings is 1. The second-order valence-electron chi connectivity index (χ2n) is 6.55. The number of aromatic nitrogens is 2. The van der Waals surface area contributed by atoms with E-state index in [1.807, 2.05) is 6.07 Å². The van der Waals surface area contributed by atoms with E-state index in [-0.39, 0.29) is 5.54 Å². The zero-order chi connectivity index (χ0) is 14.2. The normalized spacial score (nSPS) is 14.3. The van der Waals surface area contributed by atoms with E-state index in [9.17, 15) is 0 Å². The van der Waals surface area contributed by atoms with Gasteiger partial charge in [-0.25, -0.2) is 4.98 Å². The lowest BCUT2D eigenvalue weighted by Crippen LogP contribution is -2.29. The first-order chi connectivity index (χ1) is 8.86. The Balaban J connectivity index is 2.72. The number of fused-ring (bicyclic) bond motifs is 1. The summed E-state index contributed by atoms with van der Waals surface area (Å²) in [6.45, 7) is 11.7. The van der Waals surface area contributed by atoms with Crippen LogP contribution in [0.25, 0.3) is 11.0 Å². The van der Waals surface area contributed by atoms with Crippen LogP contribution in [0.1, 0.15) is 46.4 Å². The minimum atomic E-state index is 0.00769. The van der Waals surface area contributed by atoms with Gasteiger partial charge in [0.15, 0.2) is 0 Å². The van der Waals surface area contributed by atoms with Crippen molar-refractivity contribution in [2.45, 2.75) is 46.1 Å². The quantitative estimate of drug-likeness (QED) is 0.917. The molecule has 2 N–H and O–H groups in total. The van der Waals surface area contributed by atoms with Crippen LogP contribution in [0.3, 0.4) is 0 Å². The summed E-state index contributed by atoms with van der Waals surface area (Å²) in [5.74, 6) is 1.90. The van der Waals surface area contributed by atoms with Crippen molar-refractivity contribution in [3.8, 4) is 0 Å². The van der Waals surface area contributed by atoms with Gasteiger partial charge in [0.2, 0.25) is 0 Å². The number of nitrogens with two attached hydrogens (primary N) is 1. The average molecular weight is 259 g/mol. The summed E-state index contributed by atoms with van der Waals surface area (Å²) in [5, 5.41) is 0. The Labute approximate surface area is 115 Å². The van der Waals surface area contributed by atoms with Crippen molar-refractivity contribution < 1.29 is 0 Å². The first kappa shape index (κ1) is 14.1. The second-order valence-corrected chi connectivity index (χ2v) is 6.55. The summed E-state index contributed by atoms with van der Waals surface area (Å²) in [7, 11) is 0. The number of hydrogen-bond donors (Lipinski definition) is 1. The molecule has 19 heavy (non-hydrogen) atoms. The lowest BCUT2D eigenvalue weighted by atomic mass is 9.94. The van der Waals surface area contributed by atoms with Crippen molar-refractivity contribution in [1.82, 2.24) is 9.55 Å². The van der Waals surface area contributed by atoms with Crippen LogP contribution < -0.4 is 5.73 Å². The summed E-state index contributed by atoms with van der Waals surface area (Å²) >= 11 is 0. The topological polar surface area (TPSA) is 43.8 Å². The summed E-state index contributed by atoms with van der Waals surface area (Å²) in [6.07, 6.45) is 0. The molecule has 2 rings (SSSR count). The summed E-state index contributed by atoms with van der Waals surface area (Å²) in [5.41, 5.74) is 8.25. The maximum Gasteiger partial charge on any atom is 0.115 e. The van der Waals surface area contributed by atoms with E-state index in [0.717, 1.165) is 11.3 Å². The number of nitrogens with zero attached hydrogens (tertiary/aromatic N) is 2. The molecule has 1 atom stereocenters. The lowest BCUT2D eigenvalue weighted by molar-refractivity contribution is 0.363. The lowest BCUT2D eigenvalue weighted by Gasteiger charge is -2.28. The maximum atomic E-state index is 5.99. The van der Waals surface area contributed by atoms with Crippen molar-refractivity contribution >= 4 is 11.0 Å². The molecule has 0 aliphatic rings. The smallest absolute Gasteiger partial charge is 0.115 e. The van der Waals surface area contributed by atoms with Crippen LogP contribution in [0.2, 0.25) is 0 Å². The molecule has 1 aromatic heterocycles. The van der Waals surface area contributed by atoms with Crippen LogP contribution in [-0.2, 0) is 5.54 Å². The van der Waals surface area contributed by atoms with E-state index in [0.29, 0.717) is 18.4 Å². The fourth-order valence-electron chi connectivity index (χ4n) is 2.67. The third-order valence-corrected chi connectivity index (χ3v) is 3.65. The molecule has 0 aliphatic heterocycles. The number of para-hydroxylation sites is 2. The third-order valence-electron chi connectivity index (χ3n) is 3.65. The summed E-state index contributed by atoms with van der Waals surface area (Å²) in [6, 6.07) is 8.34. The van der Waals surface area contributed by atoms with Crippen LogP contribution in [-0.4, -0.2) is 16.1 Å². The van der Waals surface area contributed by atoms with Crippen molar-refractivity contribution in [3.05, 3.63) is 30.1 Å². The number of imidazole rings is 1. The molecule has 0 spiro atoms. The maximum absolute atomic E-state index is 5.99. The minimum absolute atomic E-state index is 0.00769. The Hall–Kier alpha value is -1.35. The molecule has 2 aromatic rings. The van der Waals surface area contributed by atoms with Gasteiger partial charge in [-0.15, -0.1) is 0 Å². The van der Waals surface area contributed by atoms with E-state index in [1.54, 1.807) is 0 Å². The molecule has 0 radical (unpaired) electrons. The largest absolute Gasteiger partial charge is 0.330 e. The molecule has 3 nitrogen and oxygen atoms in total. The van der Waals surface area contributed by atoms with Crippen molar-refractivity contribution in [3.63, 3.8) is 0 Å². The van der Waals surface area contributed by atoms with Gasteiger partial charge in [-0.05, 0) is 38.8 Å². The molecule has 1 heterocycles. The minimum Gasteiger partial charge on any atom is -0.330 e. The first-order valence-electron chi connectivity index (χ1n) is 7.04. The van der Waals surface area contributed by atoms with Gasteiger partial charge in [0.1, 0.15) is 5.82 Å². The molecule has 3 heteroatoms. The predicted octanol–water partition coefficient (Wildman–Crippen LogP) is 3.49. The van der Waals surface area contributed by atoms with Crippen LogP contribution in [0.4, 0.5) is 0 Å². The van der Waals surface area contributed by atoms with Crippen LogP contribution in [0, 0.1) is 5.92 Å². The third kappa shape index (κ3) is 2.52. The van der Waals surface area contributed by atoms with E-state index < -0.39 is 0 Å². The molecule has 0 fully saturated rings. The predicted molar refractivity (Wildman–Crippen MR) is 81.4 cm³/mol. The Morgan fingerprint density at radius 2 is 1.84 bits per heavy atom. The fraction of sp³-hybridized carbons (Fsp3) is 0.562. The molecule has 0 amide bonds.